The predicted molar refractivity (Wildman–Crippen MR) is 43.1 cm³/mol. The smallest absolute Gasteiger partial charge is 0.126 e. The van der Waals surface area contributed by atoms with E-state index < -0.39 is 0 Å². The minimum absolute atomic E-state index is 0. The number of hydrogen-bond donors (Lipinski definition) is 2. The molecule has 5 N–H and O–H groups in total. The van der Waals surface area contributed by atoms with Crippen LogP contribution in [0.1, 0.15) is 11.1 Å². The maximum atomic E-state index is 5.51. The van der Waals surface area contributed by atoms with Gasteiger partial charge in [-0.2, -0.15) is 0 Å². The summed E-state index contributed by atoms with van der Waals surface area (Å²) in [4.78, 5) is 3.92. The summed E-state index contributed by atoms with van der Waals surface area (Å²) in [5.74, 6) is 0.634. The normalized spacial score (nSPS) is 8.60. The standard InChI is InChI=1S/C7H10N2.H3N/c1-5-3-4-9-7(8)6(5)2;/h3-4H,1-2H3,(H2,8,9);1H3. The van der Waals surface area contributed by atoms with Gasteiger partial charge in [0.1, 0.15) is 5.82 Å². The van der Waals surface area contributed by atoms with Gasteiger partial charge >= 0.3 is 0 Å². The van der Waals surface area contributed by atoms with Crippen molar-refractivity contribution in [3.05, 3.63) is 23.4 Å². The summed E-state index contributed by atoms with van der Waals surface area (Å²) in [7, 11) is 0. The molecule has 0 aliphatic heterocycles. The summed E-state index contributed by atoms with van der Waals surface area (Å²) in [5.41, 5.74) is 7.79. The van der Waals surface area contributed by atoms with E-state index in [2.05, 4.69) is 4.98 Å². The second-order valence-corrected chi connectivity index (χ2v) is 2.14. The van der Waals surface area contributed by atoms with Crippen LogP contribution in [0.2, 0.25) is 0 Å². The van der Waals surface area contributed by atoms with Crippen molar-refractivity contribution in [1.82, 2.24) is 11.1 Å². The zero-order chi connectivity index (χ0) is 6.85. The van der Waals surface area contributed by atoms with Crippen LogP contribution in [-0.2, 0) is 0 Å². The van der Waals surface area contributed by atoms with E-state index in [1.54, 1.807) is 6.20 Å². The quantitative estimate of drug-likeness (QED) is 0.571. The topological polar surface area (TPSA) is 73.9 Å². The summed E-state index contributed by atoms with van der Waals surface area (Å²) in [6.07, 6.45) is 1.72. The van der Waals surface area contributed by atoms with Gasteiger partial charge in [0.25, 0.3) is 0 Å². The maximum Gasteiger partial charge on any atom is 0.126 e. The summed E-state index contributed by atoms with van der Waals surface area (Å²) in [5, 5.41) is 0. The third kappa shape index (κ3) is 1.45. The van der Waals surface area contributed by atoms with Crippen LogP contribution in [0.3, 0.4) is 0 Å². The lowest BCUT2D eigenvalue weighted by Gasteiger charge is -1.99. The minimum atomic E-state index is 0. The number of aryl methyl sites for hydroxylation is 1. The molecule has 0 radical (unpaired) electrons. The molecule has 0 aliphatic carbocycles. The van der Waals surface area contributed by atoms with Crippen molar-refractivity contribution in [2.24, 2.45) is 0 Å². The average molecular weight is 139 g/mol. The molecule has 0 aliphatic rings. The molecule has 0 bridgehead atoms. The lowest BCUT2D eigenvalue weighted by atomic mass is 10.2. The largest absolute Gasteiger partial charge is 0.383 e. The number of rotatable bonds is 0. The highest BCUT2D eigenvalue weighted by Gasteiger charge is 1.94. The highest BCUT2D eigenvalue weighted by Crippen LogP contribution is 2.09. The van der Waals surface area contributed by atoms with Crippen molar-refractivity contribution in [3.63, 3.8) is 0 Å². The fourth-order valence-corrected chi connectivity index (χ4v) is 0.653. The van der Waals surface area contributed by atoms with Crippen molar-refractivity contribution >= 4 is 5.82 Å². The van der Waals surface area contributed by atoms with Crippen molar-refractivity contribution < 1.29 is 0 Å². The molecule has 0 unspecified atom stereocenters. The molecule has 10 heavy (non-hydrogen) atoms. The molecule has 3 heteroatoms. The van der Waals surface area contributed by atoms with Gasteiger partial charge in [-0.05, 0) is 31.0 Å². The Kier molecular flexibility index (Phi) is 2.83. The minimum Gasteiger partial charge on any atom is -0.383 e. The zero-order valence-electron chi connectivity index (χ0n) is 6.39. The molecule has 1 aromatic rings. The van der Waals surface area contributed by atoms with E-state index in [9.17, 15) is 0 Å². The van der Waals surface area contributed by atoms with E-state index in [1.165, 1.54) is 5.56 Å². The second-order valence-electron chi connectivity index (χ2n) is 2.14. The first kappa shape index (κ1) is 8.91. The monoisotopic (exact) mass is 139 g/mol. The van der Waals surface area contributed by atoms with Crippen LogP contribution in [0.4, 0.5) is 5.82 Å². The number of pyridine rings is 1. The van der Waals surface area contributed by atoms with Crippen molar-refractivity contribution in [1.29, 1.82) is 0 Å². The average Bonchev–Trinajstić information content (AvgIpc) is 1.83. The van der Waals surface area contributed by atoms with E-state index in [1.807, 2.05) is 19.9 Å². The fourth-order valence-electron chi connectivity index (χ4n) is 0.653. The number of anilines is 1. The van der Waals surface area contributed by atoms with Crippen LogP contribution in [-0.4, -0.2) is 4.98 Å². The summed E-state index contributed by atoms with van der Waals surface area (Å²) in [6, 6.07) is 1.95. The van der Waals surface area contributed by atoms with Crippen LogP contribution < -0.4 is 11.9 Å². The molecular weight excluding hydrogens is 126 g/mol. The van der Waals surface area contributed by atoms with Crippen molar-refractivity contribution in [2.45, 2.75) is 13.8 Å². The molecule has 3 nitrogen and oxygen atoms in total. The maximum absolute atomic E-state index is 5.51. The lowest BCUT2D eigenvalue weighted by Crippen LogP contribution is -1.94. The van der Waals surface area contributed by atoms with Crippen LogP contribution >= 0.6 is 0 Å². The molecule has 1 rings (SSSR count). The first-order valence-electron chi connectivity index (χ1n) is 2.89. The zero-order valence-corrected chi connectivity index (χ0v) is 6.39. The Labute approximate surface area is 60.9 Å². The Morgan fingerprint density at radius 3 is 2.40 bits per heavy atom. The number of nitrogens with two attached hydrogens (primary N) is 1. The van der Waals surface area contributed by atoms with E-state index in [0.29, 0.717) is 5.82 Å². The Morgan fingerprint density at radius 2 is 2.00 bits per heavy atom. The van der Waals surface area contributed by atoms with Crippen LogP contribution in [0.15, 0.2) is 12.3 Å². The van der Waals surface area contributed by atoms with E-state index >= 15 is 0 Å². The van der Waals surface area contributed by atoms with Gasteiger partial charge < -0.3 is 11.9 Å². The van der Waals surface area contributed by atoms with Gasteiger partial charge in [-0.1, -0.05) is 0 Å². The highest BCUT2D eigenvalue weighted by molar-refractivity contribution is 5.42. The Morgan fingerprint density at radius 1 is 1.40 bits per heavy atom. The molecule has 0 spiro atoms. The Bertz CT molecular complexity index is 200. The number of nitrogens with zero attached hydrogens (tertiary/aromatic N) is 1. The lowest BCUT2D eigenvalue weighted by molar-refractivity contribution is 1.23. The van der Waals surface area contributed by atoms with Crippen LogP contribution in [0, 0.1) is 13.8 Å². The van der Waals surface area contributed by atoms with Gasteiger partial charge in [-0.3, -0.25) is 0 Å². The molecule has 0 saturated carbocycles. The van der Waals surface area contributed by atoms with Crippen molar-refractivity contribution in [3.8, 4) is 0 Å². The molecule has 1 heterocycles. The molecular formula is C7H13N3. The van der Waals surface area contributed by atoms with E-state index in [-0.39, 0.29) is 6.15 Å². The highest BCUT2D eigenvalue weighted by atomic mass is 14.8. The fraction of sp³-hybridized carbons (Fsp3) is 0.286. The first-order chi connectivity index (χ1) is 4.22. The molecule has 0 atom stereocenters. The molecule has 1 aromatic heterocycles. The third-order valence-corrected chi connectivity index (χ3v) is 1.51. The molecule has 0 aromatic carbocycles. The van der Waals surface area contributed by atoms with Gasteiger partial charge in [0.15, 0.2) is 0 Å². The number of aromatic nitrogens is 1. The number of nitrogen functional groups attached to an aromatic ring is 1. The van der Waals surface area contributed by atoms with Gasteiger partial charge in [0.05, 0.1) is 0 Å². The second kappa shape index (κ2) is 3.17. The molecule has 56 valence electrons. The summed E-state index contributed by atoms with van der Waals surface area (Å²) in [6.45, 7) is 3.99. The Hall–Kier alpha value is -1.09. The summed E-state index contributed by atoms with van der Waals surface area (Å²) >= 11 is 0. The third-order valence-electron chi connectivity index (χ3n) is 1.51. The van der Waals surface area contributed by atoms with Crippen LogP contribution in [0.5, 0.6) is 0 Å². The van der Waals surface area contributed by atoms with Gasteiger partial charge in [0, 0.05) is 6.20 Å². The number of hydrogen-bond acceptors (Lipinski definition) is 3. The van der Waals surface area contributed by atoms with E-state index in [0.717, 1.165) is 5.56 Å². The van der Waals surface area contributed by atoms with Gasteiger partial charge in [-0.15, -0.1) is 0 Å². The first-order valence-corrected chi connectivity index (χ1v) is 2.89. The molecule has 0 fully saturated rings. The van der Waals surface area contributed by atoms with Crippen molar-refractivity contribution in [2.75, 3.05) is 5.73 Å². The van der Waals surface area contributed by atoms with E-state index in [4.69, 9.17) is 5.73 Å². The SMILES string of the molecule is Cc1ccnc(N)c1C.N. The summed E-state index contributed by atoms with van der Waals surface area (Å²) < 4.78 is 0. The van der Waals surface area contributed by atoms with Crippen LogP contribution in [0.25, 0.3) is 0 Å². The predicted octanol–water partition coefficient (Wildman–Crippen LogP) is 1.44. The van der Waals surface area contributed by atoms with Gasteiger partial charge in [0.2, 0.25) is 0 Å². The molecule has 0 saturated heterocycles. The van der Waals surface area contributed by atoms with Gasteiger partial charge in [-0.25, -0.2) is 4.98 Å². The molecule has 0 amide bonds. The Balaban J connectivity index is 0.000000810.